The van der Waals surface area contributed by atoms with Crippen LogP contribution < -0.4 is 14.8 Å². The number of carbonyl (C=O) groups is 1. The van der Waals surface area contributed by atoms with Crippen LogP contribution in [0.25, 0.3) is 0 Å². The molecular weight excluding hydrogens is 314 g/mol. The molecule has 0 unspecified atom stereocenters. The molecule has 0 aliphatic carbocycles. The summed E-state index contributed by atoms with van der Waals surface area (Å²) in [6.45, 7) is 8.87. The van der Waals surface area contributed by atoms with E-state index in [0.29, 0.717) is 19.1 Å². The zero-order valence-electron chi connectivity index (χ0n) is 15.4. The Morgan fingerprint density at radius 1 is 1.08 bits per heavy atom. The van der Waals surface area contributed by atoms with Crippen LogP contribution in [0.15, 0.2) is 48.5 Å². The van der Waals surface area contributed by atoms with Crippen molar-refractivity contribution in [1.82, 2.24) is 5.32 Å². The van der Waals surface area contributed by atoms with Gasteiger partial charge in [0.15, 0.2) is 6.10 Å². The Labute approximate surface area is 150 Å². The van der Waals surface area contributed by atoms with E-state index in [4.69, 9.17) is 9.47 Å². The van der Waals surface area contributed by atoms with Crippen molar-refractivity contribution in [3.8, 4) is 11.5 Å². The Morgan fingerprint density at radius 2 is 1.80 bits per heavy atom. The van der Waals surface area contributed by atoms with Crippen molar-refractivity contribution in [2.45, 2.75) is 39.7 Å². The second-order valence-electron chi connectivity index (χ2n) is 6.41. The molecule has 25 heavy (non-hydrogen) atoms. The summed E-state index contributed by atoms with van der Waals surface area (Å²) in [6, 6.07) is 15.6. The van der Waals surface area contributed by atoms with E-state index >= 15 is 0 Å². The third-order valence-corrected chi connectivity index (χ3v) is 3.88. The molecule has 0 radical (unpaired) electrons. The molecule has 4 heteroatoms. The second kappa shape index (κ2) is 9.11. The molecule has 2 aromatic carbocycles. The van der Waals surface area contributed by atoms with Crippen LogP contribution in [0.2, 0.25) is 0 Å². The molecule has 2 rings (SSSR count). The van der Waals surface area contributed by atoms with Gasteiger partial charge < -0.3 is 14.8 Å². The first-order valence-electron chi connectivity index (χ1n) is 8.70. The van der Waals surface area contributed by atoms with Gasteiger partial charge in [-0.05, 0) is 49.1 Å². The summed E-state index contributed by atoms with van der Waals surface area (Å²) < 4.78 is 11.5. The number of amides is 1. The third kappa shape index (κ3) is 5.82. The van der Waals surface area contributed by atoms with E-state index in [9.17, 15) is 4.79 Å². The smallest absolute Gasteiger partial charge is 0.260 e. The van der Waals surface area contributed by atoms with Gasteiger partial charge in [-0.2, -0.15) is 0 Å². The predicted molar refractivity (Wildman–Crippen MR) is 100 cm³/mol. The predicted octanol–water partition coefficient (Wildman–Crippen LogP) is 4.08. The lowest BCUT2D eigenvalue weighted by Gasteiger charge is -2.19. The maximum atomic E-state index is 12.2. The summed E-state index contributed by atoms with van der Waals surface area (Å²) in [5, 5.41) is 2.85. The lowest BCUT2D eigenvalue weighted by Crippen LogP contribution is -2.38. The van der Waals surface area contributed by atoms with Crippen LogP contribution in [0.4, 0.5) is 0 Å². The summed E-state index contributed by atoms with van der Waals surface area (Å²) in [4.78, 5) is 12.2. The fourth-order valence-electron chi connectivity index (χ4n) is 2.47. The molecule has 0 fully saturated rings. The molecule has 0 aliphatic heterocycles. The standard InChI is InChI=1S/C21H27NO3/c1-15(2)19-11-10-16(3)14-20(19)25-17(4)21(23)22-12-13-24-18-8-6-5-7-9-18/h5-11,14-15,17H,12-13H2,1-4H3,(H,22,23)/t17-/m0/s1. The van der Waals surface area contributed by atoms with Crippen LogP contribution in [0.1, 0.15) is 37.8 Å². The molecule has 134 valence electrons. The van der Waals surface area contributed by atoms with Gasteiger partial charge in [-0.25, -0.2) is 0 Å². The summed E-state index contributed by atoms with van der Waals surface area (Å²) in [6.07, 6.45) is -0.559. The minimum absolute atomic E-state index is 0.145. The number of rotatable bonds is 8. The number of benzene rings is 2. The van der Waals surface area contributed by atoms with Gasteiger partial charge in [-0.3, -0.25) is 4.79 Å². The molecule has 2 aromatic rings. The normalized spacial score (nSPS) is 11.9. The third-order valence-electron chi connectivity index (χ3n) is 3.88. The molecule has 4 nitrogen and oxygen atoms in total. The Morgan fingerprint density at radius 3 is 2.48 bits per heavy atom. The topological polar surface area (TPSA) is 47.6 Å². The molecule has 0 heterocycles. The van der Waals surface area contributed by atoms with Crippen molar-refractivity contribution < 1.29 is 14.3 Å². The van der Waals surface area contributed by atoms with Crippen molar-refractivity contribution >= 4 is 5.91 Å². The average Bonchev–Trinajstić information content (AvgIpc) is 2.59. The monoisotopic (exact) mass is 341 g/mol. The fraction of sp³-hybridized carbons (Fsp3) is 0.381. The number of nitrogens with one attached hydrogen (secondary N) is 1. The first kappa shape index (κ1) is 18.8. The number of hydrogen-bond acceptors (Lipinski definition) is 3. The number of ether oxygens (including phenoxy) is 2. The molecule has 0 bridgehead atoms. The van der Waals surface area contributed by atoms with Crippen molar-refractivity contribution in [2.75, 3.05) is 13.2 Å². The van der Waals surface area contributed by atoms with Gasteiger partial charge in [0.1, 0.15) is 18.1 Å². The van der Waals surface area contributed by atoms with E-state index in [1.807, 2.05) is 43.3 Å². The lowest BCUT2D eigenvalue weighted by molar-refractivity contribution is -0.127. The fourth-order valence-corrected chi connectivity index (χ4v) is 2.47. The molecule has 1 N–H and O–H groups in total. The van der Waals surface area contributed by atoms with Crippen molar-refractivity contribution in [1.29, 1.82) is 0 Å². The molecule has 1 atom stereocenters. The Hall–Kier alpha value is -2.49. The van der Waals surface area contributed by atoms with E-state index in [2.05, 4.69) is 31.3 Å². The Balaban J connectivity index is 1.83. The zero-order valence-corrected chi connectivity index (χ0v) is 15.4. The van der Waals surface area contributed by atoms with Gasteiger partial charge in [0, 0.05) is 0 Å². The van der Waals surface area contributed by atoms with E-state index in [1.165, 1.54) is 0 Å². The van der Waals surface area contributed by atoms with Crippen LogP contribution in [0.5, 0.6) is 11.5 Å². The van der Waals surface area contributed by atoms with E-state index < -0.39 is 6.10 Å². The van der Waals surface area contributed by atoms with Crippen molar-refractivity contribution in [2.24, 2.45) is 0 Å². The highest BCUT2D eigenvalue weighted by atomic mass is 16.5. The largest absolute Gasteiger partial charge is 0.492 e. The number of carbonyl (C=O) groups excluding carboxylic acids is 1. The first-order chi connectivity index (χ1) is 12.0. The SMILES string of the molecule is Cc1ccc(C(C)C)c(O[C@@H](C)C(=O)NCCOc2ccccc2)c1. The molecule has 0 saturated carbocycles. The van der Waals surface area contributed by atoms with Crippen molar-refractivity contribution in [3.63, 3.8) is 0 Å². The average molecular weight is 341 g/mol. The Kier molecular flexibility index (Phi) is 6.87. The minimum Gasteiger partial charge on any atom is -0.492 e. The highest BCUT2D eigenvalue weighted by Crippen LogP contribution is 2.28. The number of para-hydroxylation sites is 1. The van der Waals surface area contributed by atoms with Gasteiger partial charge >= 0.3 is 0 Å². The quantitative estimate of drug-likeness (QED) is 0.736. The summed E-state index contributed by atoms with van der Waals surface area (Å²) in [7, 11) is 0. The molecule has 0 aliphatic rings. The van der Waals surface area contributed by atoms with Gasteiger partial charge in [-0.15, -0.1) is 0 Å². The first-order valence-corrected chi connectivity index (χ1v) is 8.70. The van der Waals surface area contributed by atoms with Gasteiger partial charge in [0.25, 0.3) is 5.91 Å². The summed E-state index contributed by atoms with van der Waals surface area (Å²) >= 11 is 0. The van der Waals surface area contributed by atoms with Crippen LogP contribution >= 0.6 is 0 Å². The maximum absolute atomic E-state index is 12.2. The maximum Gasteiger partial charge on any atom is 0.260 e. The molecule has 0 aromatic heterocycles. The van der Waals surface area contributed by atoms with Crippen LogP contribution in [-0.2, 0) is 4.79 Å². The van der Waals surface area contributed by atoms with Gasteiger partial charge in [0.2, 0.25) is 0 Å². The summed E-state index contributed by atoms with van der Waals surface area (Å²) in [5.41, 5.74) is 2.22. The number of hydrogen-bond donors (Lipinski definition) is 1. The van der Waals surface area contributed by atoms with E-state index in [0.717, 1.165) is 22.6 Å². The van der Waals surface area contributed by atoms with E-state index in [1.54, 1.807) is 6.92 Å². The van der Waals surface area contributed by atoms with E-state index in [-0.39, 0.29) is 5.91 Å². The van der Waals surface area contributed by atoms with Crippen LogP contribution in [0.3, 0.4) is 0 Å². The molecule has 1 amide bonds. The van der Waals surface area contributed by atoms with Gasteiger partial charge in [0.05, 0.1) is 6.54 Å². The second-order valence-corrected chi connectivity index (χ2v) is 6.41. The van der Waals surface area contributed by atoms with Crippen molar-refractivity contribution in [3.05, 3.63) is 59.7 Å². The highest BCUT2D eigenvalue weighted by molar-refractivity contribution is 5.80. The zero-order chi connectivity index (χ0) is 18.2. The van der Waals surface area contributed by atoms with Crippen LogP contribution in [-0.4, -0.2) is 25.2 Å². The number of aryl methyl sites for hydroxylation is 1. The molecule has 0 saturated heterocycles. The lowest BCUT2D eigenvalue weighted by atomic mass is 10.0. The van der Waals surface area contributed by atoms with Gasteiger partial charge in [-0.1, -0.05) is 44.2 Å². The minimum atomic E-state index is -0.559. The highest BCUT2D eigenvalue weighted by Gasteiger charge is 2.17. The Bertz CT molecular complexity index is 683. The molecular formula is C21H27NO3. The van der Waals surface area contributed by atoms with Crippen LogP contribution in [0, 0.1) is 6.92 Å². The molecule has 0 spiro atoms. The summed E-state index contributed by atoms with van der Waals surface area (Å²) in [5.74, 6) is 1.76.